The zero-order valence-corrected chi connectivity index (χ0v) is 18.3. The van der Waals surface area contributed by atoms with E-state index >= 15 is 0 Å². The maximum atomic E-state index is 13.0. The molecule has 0 saturated carbocycles. The molecule has 1 amide bonds. The van der Waals surface area contributed by atoms with Gasteiger partial charge in [0.15, 0.2) is 5.69 Å². The van der Waals surface area contributed by atoms with E-state index in [1.54, 1.807) is 18.5 Å². The van der Waals surface area contributed by atoms with Crippen LogP contribution in [-0.4, -0.2) is 26.7 Å². The van der Waals surface area contributed by atoms with Crippen LogP contribution >= 0.6 is 0 Å². The summed E-state index contributed by atoms with van der Waals surface area (Å²) in [6, 6.07) is 9.09. The van der Waals surface area contributed by atoms with Gasteiger partial charge >= 0.3 is 6.18 Å². The lowest BCUT2D eigenvalue weighted by atomic mass is 9.91. The standard InChI is InChI=1S/C24H26F3N5O/c1-2-32-21-7-6-19(29-15-17-4-3-5-18(12-17)24(25,26)27)13-20(21)22(31-32)23(33)30-14-16-8-10-28-11-9-16/h3-5,8-12,19,29H,2,6-7,13-15H2,1H3,(H,30,33)/t19-/m0/s1. The van der Waals surface area contributed by atoms with E-state index in [0.29, 0.717) is 37.3 Å². The lowest BCUT2D eigenvalue weighted by Crippen LogP contribution is -2.35. The first kappa shape index (κ1) is 23.0. The summed E-state index contributed by atoms with van der Waals surface area (Å²) in [5, 5.41) is 10.8. The highest BCUT2D eigenvalue weighted by Gasteiger charge is 2.31. The van der Waals surface area contributed by atoms with Crippen LogP contribution in [0, 0.1) is 0 Å². The van der Waals surface area contributed by atoms with E-state index in [-0.39, 0.29) is 11.9 Å². The molecule has 9 heteroatoms. The first-order chi connectivity index (χ1) is 15.8. The van der Waals surface area contributed by atoms with Crippen LogP contribution in [-0.2, 0) is 38.7 Å². The Kier molecular flexibility index (Phi) is 6.78. The number of benzene rings is 1. The van der Waals surface area contributed by atoms with E-state index in [1.165, 1.54) is 12.1 Å². The number of hydrogen-bond donors (Lipinski definition) is 2. The van der Waals surface area contributed by atoms with Crippen LogP contribution in [0.15, 0.2) is 48.8 Å². The van der Waals surface area contributed by atoms with E-state index in [1.807, 2.05) is 23.7 Å². The fraction of sp³-hybridized carbons (Fsp3) is 0.375. The number of alkyl halides is 3. The van der Waals surface area contributed by atoms with Crippen LogP contribution in [0.1, 0.15) is 51.8 Å². The third-order valence-electron chi connectivity index (χ3n) is 5.91. The van der Waals surface area contributed by atoms with Crippen molar-refractivity contribution >= 4 is 5.91 Å². The van der Waals surface area contributed by atoms with Crippen LogP contribution < -0.4 is 10.6 Å². The second kappa shape index (κ2) is 9.74. The summed E-state index contributed by atoms with van der Waals surface area (Å²) in [5.41, 5.74) is 3.27. The Morgan fingerprint density at radius 2 is 1.94 bits per heavy atom. The summed E-state index contributed by atoms with van der Waals surface area (Å²) in [5.74, 6) is -0.228. The molecule has 1 aromatic carbocycles. The molecule has 1 aliphatic carbocycles. The fourth-order valence-corrected chi connectivity index (χ4v) is 4.19. The molecular formula is C24H26F3N5O. The highest BCUT2D eigenvalue weighted by atomic mass is 19.4. The van der Waals surface area contributed by atoms with Crippen molar-refractivity contribution in [1.29, 1.82) is 0 Å². The number of fused-ring (bicyclic) bond motifs is 1. The zero-order chi connectivity index (χ0) is 23.4. The summed E-state index contributed by atoms with van der Waals surface area (Å²) in [4.78, 5) is 16.9. The Balaban J connectivity index is 1.44. The average Bonchev–Trinajstić information content (AvgIpc) is 3.19. The Morgan fingerprint density at radius 3 is 2.67 bits per heavy atom. The van der Waals surface area contributed by atoms with Crippen molar-refractivity contribution in [3.63, 3.8) is 0 Å². The van der Waals surface area contributed by atoms with Crippen LogP contribution in [0.3, 0.4) is 0 Å². The predicted octanol–water partition coefficient (Wildman–Crippen LogP) is 3.89. The van der Waals surface area contributed by atoms with Gasteiger partial charge < -0.3 is 10.6 Å². The third kappa shape index (κ3) is 5.42. The molecule has 6 nitrogen and oxygen atoms in total. The van der Waals surface area contributed by atoms with Crippen molar-refractivity contribution in [2.75, 3.05) is 0 Å². The van der Waals surface area contributed by atoms with Gasteiger partial charge in [0.2, 0.25) is 0 Å². The SMILES string of the molecule is CCn1nc(C(=O)NCc2ccncc2)c2c1CC[C@H](NCc1cccc(C(F)(F)F)c1)C2. The minimum atomic E-state index is -4.36. The molecule has 0 saturated heterocycles. The number of hydrogen-bond acceptors (Lipinski definition) is 4. The molecule has 0 unspecified atom stereocenters. The van der Waals surface area contributed by atoms with Gasteiger partial charge in [0, 0.05) is 49.3 Å². The second-order valence-corrected chi connectivity index (χ2v) is 8.15. The van der Waals surface area contributed by atoms with Crippen molar-refractivity contribution in [3.05, 3.63) is 82.4 Å². The van der Waals surface area contributed by atoms with Crippen molar-refractivity contribution in [1.82, 2.24) is 25.4 Å². The summed E-state index contributed by atoms with van der Waals surface area (Å²) in [6.45, 7) is 3.37. The zero-order valence-electron chi connectivity index (χ0n) is 18.3. The molecule has 4 rings (SSSR count). The molecule has 1 atom stereocenters. The van der Waals surface area contributed by atoms with Gasteiger partial charge in [0.1, 0.15) is 0 Å². The Bertz CT molecular complexity index is 1110. The molecular weight excluding hydrogens is 431 g/mol. The van der Waals surface area contributed by atoms with Crippen molar-refractivity contribution in [3.8, 4) is 0 Å². The van der Waals surface area contributed by atoms with Gasteiger partial charge in [0.05, 0.1) is 5.56 Å². The topological polar surface area (TPSA) is 71.8 Å². The monoisotopic (exact) mass is 457 g/mol. The Morgan fingerprint density at radius 1 is 1.15 bits per heavy atom. The van der Waals surface area contributed by atoms with Crippen LogP contribution in [0.25, 0.3) is 0 Å². The summed E-state index contributed by atoms with van der Waals surface area (Å²) < 4.78 is 40.8. The summed E-state index contributed by atoms with van der Waals surface area (Å²) in [7, 11) is 0. The maximum absolute atomic E-state index is 13.0. The molecule has 0 fully saturated rings. The molecule has 3 aromatic rings. The fourth-order valence-electron chi connectivity index (χ4n) is 4.19. The van der Waals surface area contributed by atoms with E-state index in [0.717, 1.165) is 35.7 Å². The van der Waals surface area contributed by atoms with Crippen LogP contribution in [0.4, 0.5) is 13.2 Å². The van der Waals surface area contributed by atoms with Gasteiger partial charge in [-0.3, -0.25) is 14.5 Å². The Labute approximate surface area is 190 Å². The molecule has 0 spiro atoms. The molecule has 2 aromatic heterocycles. The Hall–Kier alpha value is -3.20. The number of halogens is 3. The van der Waals surface area contributed by atoms with Crippen molar-refractivity contribution in [2.24, 2.45) is 0 Å². The van der Waals surface area contributed by atoms with Gasteiger partial charge in [-0.2, -0.15) is 18.3 Å². The summed E-state index contributed by atoms with van der Waals surface area (Å²) >= 11 is 0. The summed E-state index contributed by atoms with van der Waals surface area (Å²) in [6.07, 6.45) is 1.19. The number of amides is 1. The quantitative estimate of drug-likeness (QED) is 0.565. The number of aromatic nitrogens is 3. The van der Waals surface area contributed by atoms with Gasteiger partial charge in [-0.15, -0.1) is 0 Å². The number of nitrogens with zero attached hydrogens (tertiary/aromatic N) is 3. The minimum Gasteiger partial charge on any atom is -0.347 e. The van der Waals surface area contributed by atoms with Crippen molar-refractivity contribution in [2.45, 2.75) is 58.0 Å². The van der Waals surface area contributed by atoms with Crippen LogP contribution in [0.5, 0.6) is 0 Å². The van der Waals surface area contributed by atoms with Gasteiger partial charge in [-0.1, -0.05) is 18.2 Å². The molecule has 174 valence electrons. The lowest BCUT2D eigenvalue weighted by Gasteiger charge is -2.24. The number of carbonyl (C=O) groups excluding carboxylic acids is 1. The highest BCUT2D eigenvalue weighted by Crippen LogP contribution is 2.30. The van der Waals surface area contributed by atoms with Gasteiger partial charge in [0.25, 0.3) is 5.91 Å². The molecule has 2 heterocycles. The van der Waals surface area contributed by atoms with E-state index in [2.05, 4.69) is 20.7 Å². The third-order valence-corrected chi connectivity index (χ3v) is 5.91. The lowest BCUT2D eigenvalue weighted by molar-refractivity contribution is -0.137. The normalized spacial score (nSPS) is 15.8. The first-order valence-electron chi connectivity index (χ1n) is 11.0. The predicted molar refractivity (Wildman–Crippen MR) is 117 cm³/mol. The number of aryl methyl sites for hydroxylation is 1. The number of pyridine rings is 1. The maximum Gasteiger partial charge on any atom is 0.416 e. The van der Waals surface area contributed by atoms with E-state index in [4.69, 9.17) is 0 Å². The van der Waals surface area contributed by atoms with Crippen LogP contribution in [0.2, 0.25) is 0 Å². The van der Waals surface area contributed by atoms with E-state index < -0.39 is 11.7 Å². The smallest absolute Gasteiger partial charge is 0.347 e. The molecule has 0 aliphatic heterocycles. The van der Waals surface area contributed by atoms with E-state index in [9.17, 15) is 18.0 Å². The van der Waals surface area contributed by atoms with Gasteiger partial charge in [-0.05, 0) is 55.5 Å². The average molecular weight is 458 g/mol. The number of nitrogens with one attached hydrogen (secondary N) is 2. The molecule has 0 bridgehead atoms. The molecule has 1 aliphatic rings. The van der Waals surface area contributed by atoms with Crippen molar-refractivity contribution < 1.29 is 18.0 Å². The second-order valence-electron chi connectivity index (χ2n) is 8.15. The number of carbonyl (C=O) groups is 1. The molecule has 33 heavy (non-hydrogen) atoms. The van der Waals surface area contributed by atoms with Gasteiger partial charge in [-0.25, -0.2) is 0 Å². The highest BCUT2D eigenvalue weighted by molar-refractivity contribution is 5.94. The largest absolute Gasteiger partial charge is 0.416 e. The first-order valence-corrected chi connectivity index (χ1v) is 11.0. The minimum absolute atomic E-state index is 0.0493. The number of rotatable bonds is 7. The molecule has 0 radical (unpaired) electrons. The molecule has 2 N–H and O–H groups in total.